The second kappa shape index (κ2) is 8.80. The molecule has 0 fully saturated rings. The van der Waals surface area contributed by atoms with Crippen LogP contribution in [0.5, 0.6) is 0 Å². The van der Waals surface area contributed by atoms with Gasteiger partial charge in [0.2, 0.25) is 0 Å². The van der Waals surface area contributed by atoms with Gasteiger partial charge in [0, 0.05) is 11.1 Å². The third kappa shape index (κ3) is 3.83. The summed E-state index contributed by atoms with van der Waals surface area (Å²) in [6.45, 7) is 18.5. The number of aryl methyl sites for hydroxylation is 1. The van der Waals surface area contributed by atoms with Gasteiger partial charge in [0.25, 0.3) is 0 Å². The molecule has 1 aromatic heterocycles. The molecule has 160 valence electrons. The molecule has 32 heavy (non-hydrogen) atoms. The third-order valence-corrected chi connectivity index (χ3v) is 5.83. The molecule has 0 atom stereocenters. The first-order chi connectivity index (χ1) is 15.4. The Bertz CT molecular complexity index is 1260. The molecule has 4 heteroatoms. The van der Waals surface area contributed by atoms with Crippen LogP contribution in [0.4, 0.5) is 5.69 Å². The number of benzene rings is 3. The first-order valence-electron chi connectivity index (χ1n) is 11.0. The average Bonchev–Trinajstić information content (AvgIpc) is 3.23. The second-order valence-corrected chi connectivity index (χ2v) is 8.76. The van der Waals surface area contributed by atoms with Crippen molar-refractivity contribution < 1.29 is 0 Å². The Hall–Kier alpha value is -3.71. The van der Waals surface area contributed by atoms with E-state index in [0.717, 1.165) is 45.2 Å². The van der Waals surface area contributed by atoms with Crippen molar-refractivity contribution in [3.8, 4) is 28.5 Å². The third-order valence-electron chi connectivity index (χ3n) is 5.83. The predicted molar refractivity (Wildman–Crippen MR) is 131 cm³/mol. The van der Waals surface area contributed by atoms with Crippen molar-refractivity contribution in [1.29, 1.82) is 0 Å². The molecule has 0 saturated carbocycles. The molecule has 1 heterocycles. The van der Waals surface area contributed by atoms with Gasteiger partial charge in [-0.25, -0.2) is 4.85 Å². The maximum atomic E-state index is 7.64. The number of hydrogen-bond acceptors (Lipinski definition) is 2. The number of hydrogen-bond donors (Lipinski definition) is 0. The van der Waals surface area contributed by atoms with Gasteiger partial charge in [-0.05, 0) is 35.4 Å². The zero-order chi connectivity index (χ0) is 22.8. The lowest BCUT2D eigenvalue weighted by molar-refractivity contribution is 0.808. The molecule has 4 nitrogen and oxygen atoms in total. The van der Waals surface area contributed by atoms with Crippen LogP contribution in [-0.2, 0) is 0 Å². The Morgan fingerprint density at radius 3 is 1.91 bits per heavy atom. The molecule has 4 aromatic rings. The summed E-state index contributed by atoms with van der Waals surface area (Å²) in [6, 6.07) is 22.5. The summed E-state index contributed by atoms with van der Waals surface area (Å²) < 4.78 is 2.20. The highest BCUT2D eigenvalue weighted by molar-refractivity contribution is 5.72. The normalized spacial score (nSPS) is 11.2. The maximum absolute atomic E-state index is 7.64. The fraction of sp³-hybridized carbons (Fsp3) is 0.250. The highest BCUT2D eigenvalue weighted by Gasteiger charge is 2.25. The summed E-state index contributed by atoms with van der Waals surface area (Å²) in [5.74, 6) is 2.10. The summed E-state index contributed by atoms with van der Waals surface area (Å²) >= 11 is 0. The lowest BCUT2D eigenvalue weighted by Gasteiger charge is -2.24. The fourth-order valence-corrected chi connectivity index (χ4v) is 4.14. The molecule has 0 saturated heterocycles. The first-order valence-corrected chi connectivity index (χ1v) is 11.0. The minimum atomic E-state index is 0.236. The van der Waals surface area contributed by atoms with Gasteiger partial charge in [-0.3, -0.25) is 4.57 Å². The van der Waals surface area contributed by atoms with E-state index in [2.05, 4.69) is 73.4 Å². The molecule has 3 aromatic carbocycles. The molecule has 0 aliphatic rings. The van der Waals surface area contributed by atoms with Crippen LogP contribution in [0.3, 0.4) is 0 Å². The summed E-state index contributed by atoms with van der Waals surface area (Å²) in [7, 11) is 0. The highest BCUT2D eigenvalue weighted by atomic mass is 15.3. The Morgan fingerprint density at radius 1 is 0.781 bits per heavy atom. The van der Waals surface area contributed by atoms with Crippen LogP contribution in [0.2, 0.25) is 0 Å². The molecule has 0 N–H and O–H groups in total. The van der Waals surface area contributed by atoms with Crippen LogP contribution < -0.4 is 0 Å². The Morgan fingerprint density at radius 2 is 1.34 bits per heavy atom. The molecular formula is C28H28N4. The van der Waals surface area contributed by atoms with Gasteiger partial charge in [-0.1, -0.05) is 94.4 Å². The molecule has 0 amide bonds. The summed E-state index contributed by atoms with van der Waals surface area (Å²) in [5, 5.41) is 9.37. The van der Waals surface area contributed by atoms with Crippen LogP contribution in [0.1, 0.15) is 56.2 Å². The minimum absolute atomic E-state index is 0.236. The standard InChI is InChI=1S/C28H28N4/c1-18(2)24-16-22(29-6)17-25(19(3)4)26(24)32-27(21-13-8-7-9-14-21)30-31-28(32)23-15-11-10-12-20(23)5/h7-19H,1-5H3. The highest BCUT2D eigenvalue weighted by Crippen LogP contribution is 2.40. The molecule has 0 aliphatic carbocycles. The first kappa shape index (κ1) is 21.5. The predicted octanol–water partition coefficient (Wildman–Crippen LogP) is 7.71. The smallest absolute Gasteiger partial charge is 0.187 e. The Balaban J connectivity index is 2.15. The maximum Gasteiger partial charge on any atom is 0.187 e. The molecule has 0 aliphatic heterocycles. The van der Waals surface area contributed by atoms with E-state index in [1.165, 1.54) is 0 Å². The van der Waals surface area contributed by atoms with Gasteiger partial charge in [0.15, 0.2) is 17.3 Å². The van der Waals surface area contributed by atoms with E-state index in [0.29, 0.717) is 5.69 Å². The van der Waals surface area contributed by atoms with Gasteiger partial charge < -0.3 is 0 Å². The zero-order valence-electron chi connectivity index (χ0n) is 19.3. The summed E-state index contributed by atoms with van der Waals surface area (Å²) in [6.07, 6.45) is 0. The van der Waals surface area contributed by atoms with Crippen molar-refractivity contribution in [2.75, 3.05) is 0 Å². The molecule has 0 bridgehead atoms. The average molecular weight is 421 g/mol. The molecule has 0 unspecified atom stereocenters. The van der Waals surface area contributed by atoms with Crippen molar-refractivity contribution in [1.82, 2.24) is 14.8 Å². The lowest BCUT2D eigenvalue weighted by atomic mass is 9.91. The SMILES string of the molecule is [C-]#[N+]c1cc(C(C)C)c(-n2c(-c3ccccc3)nnc2-c2ccccc2C)c(C(C)C)c1. The molecule has 4 rings (SSSR count). The quantitative estimate of drug-likeness (QED) is 0.310. The molecular weight excluding hydrogens is 392 g/mol. The zero-order valence-corrected chi connectivity index (χ0v) is 19.3. The van der Waals surface area contributed by atoms with Gasteiger partial charge in [0.1, 0.15) is 0 Å². The second-order valence-electron chi connectivity index (χ2n) is 8.76. The van der Waals surface area contributed by atoms with Crippen molar-refractivity contribution in [3.05, 3.63) is 94.8 Å². The minimum Gasteiger partial charge on any atom is -0.275 e. The van der Waals surface area contributed by atoms with Crippen molar-refractivity contribution in [3.63, 3.8) is 0 Å². The topological polar surface area (TPSA) is 35.1 Å². The summed E-state index contributed by atoms with van der Waals surface area (Å²) in [4.78, 5) is 3.76. The van der Waals surface area contributed by atoms with Crippen LogP contribution in [0, 0.1) is 13.5 Å². The van der Waals surface area contributed by atoms with E-state index in [-0.39, 0.29) is 11.8 Å². The van der Waals surface area contributed by atoms with Crippen molar-refractivity contribution in [2.24, 2.45) is 0 Å². The van der Waals surface area contributed by atoms with Crippen LogP contribution in [0.25, 0.3) is 33.3 Å². The van der Waals surface area contributed by atoms with E-state index in [1.54, 1.807) is 0 Å². The van der Waals surface area contributed by atoms with E-state index < -0.39 is 0 Å². The van der Waals surface area contributed by atoms with E-state index in [9.17, 15) is 0 Å². The Kier molecular flexibility index (Phi) is 5.92. The van der Waals surface area contributed by atoms with E-state index >= 15 is 0 Å². The molecule has 0 spiro atoms. The number of rotatable bonds is 5. The summed E-state index contributed by atoms with van der Waals surface area (Å²) in [5.41, 5.74) is 7.25. The van der Waals surface area contributed by atoms with Crippen LogP contribution in [0.15, 0.2) is 66.7 Å². The number of nitrogens with zero attached hydrogens (tertiary/aromatic N) is 4. The van der Waals surface area contributed by atoms with E-state index in [1.807, 2.05) is 42.5 Å². The molecule has 0 radical (unpaired) electrons. The van der Waals surface area contributed by atoms with Gasteiger partial charge in [0.05, 0.1) is 12.3 Å². The van der Waals surface area contributed by atoms with Crippen LogP contribution in [-0.4, -0.2) is 14.8 Å². The van der Waals surface area contributed by atoms with Crippen LogP contribution >= 0.6 is 0 Å². The Labute approximate surface area is 190 Å². The lowest BCUT2D eigenvalue weighted by Crippen LogP contribution is -2.10. The van der Waals surface area contributed by atoms with Gasteiger partial charge >= 0.3 is 0 Å². The van der Waals surface area contributed by atoms with E-state index in [4.69, 9.17) is 11.7 Å². The number of aromatic nitrogens is 3. The largest absolute Gasteiger partial charge is 0.275 e. The van der Waals surface area contributed by atoms with Crippen molar-refractivity contribution in [2.45, 2.75) is 46.5 Å². The van der Waals surface area contributed by atoms with Crippen molar-refractivity contribution >= 4 is 5.69 Å². The van der Waals surface area contributed by atoms with Gasteiger partial charge in [-0.2, -0.15) is 0 Å². The van der Waals surface area contributed by atoms with Gasteiger partial charge in [-0.15, -0.1) is 10.2 Å². The fourth-order valence-electron chi connectivity index (χ4n) is 4.14. The monoisotopic (exact) mass is 420 g/mol.